The number of aromatic nitrogens is 3. The van der Waals surface area contributed by atoms with Crippen LogP contribution >= 0.6 is 0 Å². The van der Waals surface area contributed by atoms with Crippen molar-refractivity contribution in [3.05, 3.63) is 90.1 Å². The Morgan fingerprint density at radius 2 is 1.70 bits per heavy atom. The highest BCUT2D eigenvalue weighted by Crippen LogP contribution is 2.21. The minimum atomic E-state index is -1.08. The number of amides is 3. The summed E-state index contributed by atoms with van der Waals surface area (Å²) in [5, 5.41) is 16.2. The van der Waals surface area contributed by atoms with Crippen molar-refractivity contribution < 1.29 is 24.3 Å². The number of aliphatic carboxylic acids is 1. The summed E-state index contributed by atoms with van der Waals surface area (Å²) in [6.45, 7) is 0.287. The van der Waals surface area contributed by atoms with Crippen molar-refractivity contribution in [2.24, 2.45) is 5.73 Å². The number of aromatic amines is 2. The van der Waals surface area contributed by atoms with Crippen LogP contribution in [0, 0.1) is 0 Å². The Morgan fingerprint density at radius 3 is 2.44 bits per heavy atom. The fraction of sp³-hybridized carbons (Fsp3) is 0.323. The zero-order valence-electron chi connectivity index (χ0n) is 23.5. The smallest absolute Gasteiger partial charge is 0.326 e. The van der Waals surface area contributed by atoms with Crippen molar-refractivity contribution >= 4 is 34.6 Å². The first kappa shape index (κ1) is 29.5. The van der Waals surface area contributed by atoms with E-state index in [1.807, 2.05) is 54.6 Å². The van der Waals surface area contributed by atoms with Crippen molar-refractivity contribution in [2.75, 3.05) is 6.54 Å². The molecule has 3 heterocycles. The molecule has 0 bridgehead atoms. The zero-order valence-corrected chi connectivity index (χ0v) is 23.5. The number of rotatable bonds is 12. The summed E-state index contributed by atoms with van der Waals surface area (Å²) in [6.07, 6.45) is 6.23. The third-order valence-electron chi connectivity index (χ3n) is 7.78. The molecule has 1 aliphatic rings. The van der Waals surface area contributed by atoms with Gasteiger partial charge in [-0.15, -0.1) is 0 Å². The molecule has 43 heavy (non-hydrogen) atoms. The lowest BCUT2D eigenvalue weighted by atomic mass is 10.0. The monoisotopic (exact) mass is 585 g/mol. The first-order valence-corrected chi connectivity index (χ1v) is 14.3. The van der Waals surface area contributed by atoms with Crippen molar-refractivity contribution in [3.8, 4) is 0 Å². The van der Waals surface area contributed by atoms with E-state index < -0.39 is 47.9 Å². The average molecular weight is 586 g/mol. The van der Waals surface area contributed by atoms with Crippen molar-refractivity contribution in [2.45, 2.75) is 56.3 Å². The van der Waals surface area contributed by atoms with E-state index in [1.165, 1.54) is 11.2 Å². The molecule has 2 aromatic carbocycles. The quantitative estimate of drug-likeness (QED) is 0.145. The van der Waals surface area contributed by atoms with Crippen LogP contribution in [0.25, 0.3) is 10.9 Å². The van der Waals surface area contributed by atoms with Crippen LogP contribution in [0.4, 0.5) is 0 Å². The number of carboxylic acids is 1. The molecule has 5 rings (SSSR count). The molecule has 12 heteroatoms. The Kier molecular flexibility index (Phi) is 9.16. The number of carboxylic acid groups (broad SMARTS) is 1. The number of benzene rings is 2. The van der Waals surface area contributed by atoms with Crippen molar-refractivity contribution in [3.63, 3.8) is 0 Å². The van der Waals surface area contributed by atoms with Gasteiger partial charge in [0.2, 0.25) is 17.7 Å². The van der Waals surface area contributed by atoms with E-state index in [0.29, 0.717) is 18.5 Å². The van der Waals surface area contributed by atoms with Crippen LogP contribution in [0.5, 0.6) is 0 Å². The van der Waals surface area contributed by atoms with Crippen LogP contribution in [0.2, 0.25) is 0 Å². The van der Waals surface area contributed by atoms with Gasteiger partial charge in [0.1, 0.15) is 18.1 Å². The van der Waals surface area contributed by atoms with E-state index in [2.05, 4.69) is 25.6 Å². The molecule has 224 valence electrons. The number of carbonyl (C=O) groups is 4. The van der Waals surface area contributed by atoms with Crippen LogP contribution in [-0.4, -0.2) is 79.4 Å². The van der Waals surface area contributed by atoms with Gasteiger partial charge < -0.3 is 36.3 Å². The van der Waals surface area contributed by atoms with E-state index in [0.717, 1.165) is 22.0 Å². The SMILES string of the molecule is NC(Cc1cnc[nH]1)C(=O)NC(Cc1c[nH]c2ccccc12)C(=O)NC(Cc1ccccc1)C(=O)N1CCCC1C(=O)O. The molecule has 1 aliphatic heterocycles. The summed E-state index contributed by atoms with van der Waals surface area (Å²) in [5.41, 5.74) is 9.34. The fourth-order valence-electron chi connectivity index (χ4n) is 5.54. The average Bonchev–Trinajstić information content (AvgIpc) is 3.78. The number of nitrogens with zero attached hydrogens (tertiary/aromatic N) is 2. The van der Waals surface area contributed by atoms with Gasteiger partial charge in [-0.3, -0.25) is 14.4 Å². The van der Waals surface area contributed by atoms with Crippen LogP contribution in [0.1, 0.15) is 29.7 Å². The van der Waals surface area contributed by atoms with Crippen LogP contribution in [0.15, 0.2) is 73.3 Å². The zero-order chi connectivity index (χ0) is 30.3. The number of fused-ring (bicyclic) bond motifs is 1. The Labute approximate surface area is 248 Å². The molecule has 0 saturated carbocycles. The highest BCUT2D eigenvalue weighted by atomic mass is 16.4. The molecule has 1 fully saturated rings. The first-order chi connectivity index (χ1) is 20.8. The first-order valence-electron chi connectivity index (χ1n) is 14.3. The van der Waals surface area contributed by atoms with E-state index in [9.17, 15) is 24.3 Å². The Balaban J connectivity index is 1.40. The number of hydrogen-bond donors (Lipinski definition) is 6. The predicted molar refractivity (Wildman–Crippen MR) is 159 cm³/mol. The lowest BCUT2D eigenvalue weighted by Crippen LogP contribution is -2.58. The summed E-state index contributed by atoms with van der Waals surface area (Å²) in [4.78, 5) is 64.1. The maximum Gasteiger partial charge on any atom is 0.326 e. The molecule has 0 spiro atoms. The van der Waals surface area contributed by atoms with Gasteiger partial charge in [-0.1, -0.05) is 48.5 Å². The highest BCUT2D eigenvalue weighted by Gasteiger charge is 2.38. The lowest BCUT2D eigenvalue weighted by Gasteiger charge is -2.29. The minimum Gasteiger partial charge on any atom is -0.480 e. The molecule has 12 nitrogen and oxygen atoms in total. The normalized spacial score (nSPS) is 16.9. The van der Waals surface area contributed by atoms with Crippen LogP contribution in [0.3, 0.4) is 0 Å². The summed E-state index contributed by atoms with van der Waals surface area (Å²) >= 11 is 0. The summed E-state index contributed by atoms with van der Waals surface area (Å²) in [6, 6.07) is 12.8. The summed E-state index contributed by atoms with van der Waals surface area (Å²) < 4.78 is 0. The lowest BCUT2D eigenvalue weighted by molar-refractivity contribution is -0.149. The van der Waals surface area contributed by atoms with Gasteiger partial charge >= 0.3 is 5.97 Å². The van der Waals surface area contributed by atoms with Crippen LogP contribution in [-0.2, 0) is 38.4 Å². The minimum absolute atomic E-state index is 0.131. The second-order valence-electron chi connectivity index (χ2n) is 10.8. The number of hydrogen-bond acceptors (Lipinski definition) is 6. The maximum atomic E-state index is 13.9. The second kappa shape index (κ2) is 13.3. The second-order valence-corrected chi connectivity index (χ2v) is 10.8. The molecule has 0 aliphatic carbocycles. The number of nitrogens with one attached hydrogen (secondary N) is 4. The van der Waals surface area contributed by atoms with E-state index in [1.54, 1.807) is 12.4 Å². The Bertz CT molecular complexity index is 1570. The summed E-state index contributed by atoms with van der Waals surface area (Å²) in [7, 11) is 0. The van der Waals surface area contributed by atoms with E-state index in [-0.39, 0.29) is 25.8 Å². The molecule has 2 aromatic heterocycles. The molecule has 7 N–H and O–H groups in total. The van der Waals surface area contributed by atoms with Gasteiger partial charge in [-0.25, -0.2) is 9.78 Å². The molecular formula is C31H35N7O5. The van der Waals surface area contributed by atoms with E-state index >= 15 is 0 Å². The molecule has 4 unspecified atom stereocenters. The summed E-state index contributed by atoms with van der Waals surface area (Å²) in [5.74, 6) is -2.67. The molecule has 1 saturated heterocycles. The topological polar surface area (TPSA) is 186 Å². The van der Waals surface area contributed by atoms with Crippen molar-refractivity contribution in [1.82, 2.24) is 30.5 Å². The van der Waals surface area contributed by atoms with Gasteiger partial charge in [0.15, 0.2) is 0 Å². The van der Waals surface area contributed by atoms with Gasteiger partial charge in [0.05, 0.1) is 12.4 Å². The molecular weight excluding hydrogens is 550 g/mol. The number of H-pyrrole nitrogens is 2. The number of likely N-dealkylation sites (tertiary alicyclic amines) is 1. The number of nitrogens with two attached hydrogens (primary N) is 1. The largest absolute Gasteiger partial charge is 0.480 e. The maximum absolute atomic E-state index is 13.9. The fourth-order valence-corrected chi connectivity index (χ4v) is 5.54. The Morgan fingerprint density at radius 1 is 0.953 bits per heavy atom. The highest BCUT2D eigenvalue weighted by molar-refractivity contribution is 5.95. The standard InChI is InChI=1S/C31H35N7O5/c32-23(15-21-17-33-18-35-21)28(39)36-25(14-20-16-34-24-10-5-4-9-22(20)24)29(40)37-26(13-19-7-2-1-3-8-19)30(41)38-12-6-11-27(38)31(42)43/h1-5,7-10,16-18,23,25-27,34H,6,11-15,32H2,(H,33,35)(H,36,39)(H,37,40)(H,42,43). The van der Waals surface area contributed by atoms with Gasteiger partial charge in [-0.2, -0.15) is 0 Å². The molecule has 4 aromatic rings. The van der Waals surface area contributed by atoms with Gasteiger partial charge in [0, 0.05) is 54.8 Å². The molecule has 4 atom stereocenters. The number of imidazole rings is 1. The van der Waals surface area contributed by atoms with Crippen LogP contribution < -0.4 is 16.4 Å². The third-order valence-corrected chi connectivity index (χ3v) is 7.78. The van der Waals surface area contributed by atoms with E-state index in [4.69, 9.17) is 5.73 Å². The predicted octanol–water partition coefficient (Wildman–Crippen LogP) is 1.29. The van der Waals surface area contributed by atoms with Crippen molar-refractivity contribution in [1.29, 1.82) is 0 Å². The number of para-hydroxylation sites is 1. The molecule has 0 radical (unpaired) electrons. The van der Waals surface area contributed by atoms with Gasteiger partial charge in [0.25, 0.3) is 0 Å². The van der Waals surface area contributed by atoms with Gasteiger partial charge in [-0.05, 0) is 30.0 Å². The third kappa shape index (κ3) is 7.09. The molecule has 3 amide bonds. The Hall–Kier alpha value is -4.97. The number of carbonyl (C=O) groups excluding carboxylic acids is 3.